The molecule has 1 saturated heterocycles. The molecule has 1 fully saturated rings. The number of likely N-dealkylation sites (tertiary alicyclic amines) is 1. The molecule has 1 unspecified atom stereocenters. The van der Waals surface area contributed by atoms with Gasteiger partial charge in [0.2, 0.25) is 0 Å². The van der Waals surface area contributed by atoms with E-state index in [4.69, 9.17) is 16.3 Å². The van der Waals surface area contributed by atoms with Gasteiger partial charge in [-0.2, -0.15) is 5.10 Å². The smallest absolute Gasteiger partial charge is 0.410 e. The number of piperidine rings is 1. The van der Waals surface area contributed by atoms with Gasteiger partial charge in [-0.05, 0) is 27.7 Å². The number of hydrogen-bond acceptors (Lipinski definition) is 4. The van der Waals surface area contributed by atoms with E-state index in [9.17, 15) is 9.59 Å². The number of aryl methyl sites for hydroxylation is 2. The van der Waals surface area contributed by atoms with Crippen molar-refractivity contribution in [1.82, 2.24) is 14.7 Å². The lowest BCUT2D eigenvalue weighted by atomic mass is 9.92. The summed E-state index contributed by atoms with van der Waals surface area (Å²) in [6.45, 7) is 8.08. The minimum Gasteiger partial charge on any atom is -0.444 e. The molecule has 1 aliphatic rings. The molecule has 6 nitrogen and oxygen atoms in total. The Bertz CT molecular complexity index is 619. The summed E-state index contributed by atoms with van der Waals surface area (Å²) in [5.41, 5.74) is 1.03. The Morgan fingerprint density at radius 2 is 2.09 bits per heavy atom. The van der Waals surface area contributed by atoms with Gasteiger partial charge in [-0.25, -0.2) is 4.79 Å². The molecule has 0 bridgehead atoms. The van der Waals surface area contributed by atoms with E-state index in [0.29, 0.717) is 31.0 Å². The lowest BCUT2D eigenvalue weighted by molar-refractivity contribution is -0.125. The van der Waals surface area contributed by atoms with Gasteiger partial charge >= 0.3 is 6.09 Å². The molecule has 1 aromatic heterocycles. The average Bonchev–Trinajstić information content (AvgIpc) is 2.65. The number of hydrogen-bond donors (Lipinski definition) is 0. The van der Waals surface area contributed by atoms with Crippen LogP contribution in [0.1, 0.15) is 38.6 Å². The van der Waals surface area contributed by atoms with Gasteiger partial charge in [0.05, 0.1) is 16.4 Å². The normalized spacial score (nSPS) is 19.1. The number of carbonyl (C=O) groups excluding carboxylic acids is 2. The highest BCUT2D eigenvalue weighted by Gasteiger charge is 2.33. The van der Waals surface area contributed by atoms with Crippen molar-refractivity contribution in [3.8, 4) is 0 Å². The summed E-state index contributed by atoms with van der Waals surface area (Å²) < 4.78 is 7.10. The molecular formula is C16H24ClN3O3. The zero-order valence-electron chi connectivity index (χ0n) is 14.4. The molecule has 23 heavy (non-hydrogen) atoms. The van der Waals surface area contributed by atoms with Crippen LogP contribution < -0.4 is 0 Å². The summed E-state index contributed by atoms with van der Waals surface area (Å²) in [5, 5.41) is 4.86. The molecule has 1 amide bonds. The molecule has 2 heterocycles. The molecule has 0 aliphatic carbocycles. The third kappa shape index (κ3) is 4.25. The number of amides is 1. The Balaban J connectivity index is 2.09. The molecule has 7 heteroatoms. The van der Waals surface area contributed by atoms with Crippen molar-refractivity contribution in [2.75, 3.05) is 13.1 Å². The van der Waals surface area contributed by atoms with E-state index in [-0.39, 0.29) is 17.8 Å². The first-order chi connectivity index (χ1) is 10.6. The predicted molar refractivity (Wildman–Crippen MR) is 87.6 cm³/mol. The fourth-order valence-corrected chi connectivity index (χ4v) is 2.95. The number of carbonyl (C=O) groups is 2. The van der Waals surface area contributed by atoms with Gasteiger partial charge in [0.25, 0.3) is 0 Å². The maximum atomic E-state index is 12.2. The SMILES string of the molecule is Cc1nn(C)c(CC2CN(C(=O)OC(C)(C)C)CCC2=O)c1Cl. The van der Waals surface area contributed by atoms with E-state index >= 15 is 0 Å². The first-order valence-corrected chi connectivity index (χ1v) is 8.15. The Morgan fingerprint density at radius 3 is 2.61 bits per heavy atom. The fourth-order valence-electron chi connectivity index (χ4n) is 2.71. The molecule has 1 aliphatic heterocycles. The maximum Gasteiger partial charge on any atom is 0.410 e. The minimum absolute atomic E-state index is 0.153. The van der Waals surface area contributed by atoms with Crippen molar-refractivity contribution in [2.45, 2.75) is 46.1 Å². The fraction of sp³-hybridized carbons (Fsp3) is 0.688. The standard InChI is InChI=1S/C16H24ClN3O3/c1-10-14(17)12(19(5)18-10)8-11-9-20(7-6-13(11)21)15(22)23-16(2,3)4/h11H,6-9H2,1-5H3. The minimum atomic E-state index is -0.545. The molecule has 0 radical (unpaired) electrons. The van der Waals surface area contributed by atoms with Crippen LogP contribution in [0.25, 0.3) is 0 Å². The monoisotopic (exact) mass is 341 g/mol. The number of nitrogens with zero attached hydrogens (tertiary/aromatic N) is 3. The summed E-state index contributed by atoms with van der Waals surface area (Å²) in [7, 11) is 1.81. The quantitative estimate of drug-likeness (QED) is 0.829. The van der Waals surface area contributed by atoms with Crippen LogP contribution in [0.3, 0.4) is 0 Å². The van der Waals surface area contributed by atoms with Gasteiger partial charge in [0, 0.05) is 38.9 Å². The van der Waals surface area contributed by atoms with E-state index in [1.165, 1.54) is 0 Å². The van der Waals surface area contributed by atoms with Crippen LogP contribution in [0.5, 0.6) is 0 Å². The number of Topliss-reactive ketones (excluding diaryl/α,β-unsaturated/α-hetero) is 1. The van der Waals surface area contributed by atoms with Crippen molar-refractivity contribution >= 4 is 23.5 Å². The van der Waals surface area contributed by atoms with Crippen LogP contribution in [0.15, 0.2) is 0 Å². The predicted octanol–water partition coefficient (Wildman–Crippen LogP) is 2.75. The van der Waals surface area contributed by atoms with Crippen LogP contribution in [-0.4, -0.2) is 45.2 Å². The summed E-state index contributed by atoms with van der Waals surface area (Å²) in [6.07, 6.45) is 0.453. The molecule has 1 atom stereocenters. The number of ketones is 1. The highest BCUT2D eigenvalue weighted by Crippen LogP contribution is 2.25. The molecule has 0 spiro atoms. The average molecular weight is 342 g/mol. The zero-order valence-corrected chi connectivity index (χ0v) is 15.1. The first-order valence-electron chi connectivity index (χ1n) is 7.77. The van der Waals surface area contributed by atoms with Crippen LogP contribution in [0.4, 0.5) is 4.79 Å². The van der Waals surface area contributed by atoms with Gasteiger partial charge in [-0.3, -0.25) is 9.48 Å². The van der Waals surface area contributed by atoms with Gasteiger partial charge in [-0.15, -0.1) is 0 Å². The Hall–Kier alpha value is -1.56. The van der Waals surface area contributed by atoms with Crippen molar-refractivity contribution in [3.05, 3.63) is 16.4 Å². The van der Waals surface area contributed by atoms with Gasteiger partial charge in [0.1, 0.15) is 11.4 Å². The van der Waals surface area contributed by atoms with Gasteiger partial charge < -0.3 is 9.64 Å². The Morgan fingerprint density at radius 1 is 1.43 bits per heavy atom. The molecular weight excluding hydrogens is 318 g/mol. The lowest BCUT2D eigenvalue weighted by Gasteiger charge is -2.33. The van der Waals surface area contributed by atoms with E-state index in [1.807, 2.05) is 34.7 Å². The summed E-state index contributed by atoms with van der Waals surface area (Å²) in [4.78, 5) is 26.0. The second kappa shape index (κ2) is 6.51. The van der Waals surface area contributed by atoms with E-state index < -0.39 is 5.60 Å². The van der Waals surface area contributed by atoms with Crippen molar-refractivity contribution in [2.24, 2.45) is 13.0 Å². The second-order valence-corrected chi connectivity index (χ2v) is 7.39. The number of halogens is 1. The van der Waals surface area contributed by atoms with Gasteiger partial charge in [-0.1, -0.05) is 11.6 Å². The maximum absolute atomic E-state index is 12.2. The van der Waals surface area contributed by atoms with Crippen molar-refractivity contribution in [1.29, 1.82) is 0 Å². The van der Waals surface area contributed by atoms with Crippen LogP contribution in [0, 0.1) is 12.8 Å². The van der Waals surface area contributed by atoms with Crippen LogP contribution in [-0.2, 0) is 23.0 Å². The summed E-state index contributed by atoms with van der Waals surface area (Å²) in [5.74, 6) is -0.122. The Labute approximate surface area is 141 Å². The summed E-state index contributed by atoms with van der Waals surface area (Å²) in [6, 6.07) is 0. The van der Waals surface area contributed by atoms with E-state index in [0.717, 1.165) is 11.4 Å². The molecule has 2 rings (SSSR count). The van der Waals surface area contributed by atoms with Crippen LogP contribution in [0.2, 0.25) is 5.02 Å². The van der Waals surface area contributed by atoms with E-state index in [2.05, 4.69) is 5.10 Å². The topological polar surface area (TPSA) is 64.4 Å². The molecule has 0 N–H and O–H groups in total. The zero-order chi connectivity index (χ0) is 17.4. The largest absolute Gasteiger partial charge is 0.444 e. The van der Waals surface area contributed by atoms with Gasteiger partial charge in [0.15, 0.2) is 0 Å². The lowest BCUT2D eigenvalue weighted by Crippen LogP contribution is -2.46. The third-order valence-corrected chi connectivity index (χ3v) is 4.37. The van der Waals surface area contributed by atoms with Crippen molar-refractivity contribution in [3.63, 3.8) is 0 Å². The third-order valence-electron chi connectivity index (χ3n) is 3.88. The molecule has 128 valence electrons. The van der Waals surface area contributed by atoms with E-state index in [1.54, 1.807) is 9.58 Å². The Kier molecular flexibility index (Phi) is 5.04. The molecule has 1 aromatic rings. The highest BCUT2D eigenvalue weighted by molar-refractivity contribution is 6.31. The van der Waals surface area contributed by atoms with Crippen LogP contribution >= 0.6 is 11.6 Å². The second-order valence-electron chi connectivity index (χ2n) is 7.01. The number of ether oxygens (including phenoxy) is 1. The number of rotatable bonds is 2. The first kappa shape index (κ1) is 17.8. The molecule has 0 saturated carbocycles. The molecule has 0 aromatic carbocycles. The number of aromatic nitrogens is 2. The summed E-state index contributed by atoms with van der Waals surface area (Å²) >= 11 is 6.27. The van der Waals surface area contributed by atoms with Crippen molar-refractivity contribution < 1.29 is 14.3 Å². The highest BCUT2D eigenvalue weighted by atomic mass is 35.5.